The number of ether oxygens (including phenoxy) is 1. The summed E-state index contributed by atoms with van der Waals surface area (Å²) in [5.74, 6) is -0.0169. The highest BCUT2D eigenvalue weighted by molar-refractivity contribution is 7.85. The topological polar surface area (TPSA) is 81.7 Å². The largest absolute Gasteiger partial charge is 0.500 e. The predicted octanol–water partition coefficient (Wildman–Crippen LogP) is 2.87. The number of fused-ring (bicyclic) bond motifs is 2. The molecule has 2 heterocycles. The van der Waals surface area contributed by atoms with Crippen molar-refractivity contribution in [3.8, 4) is 0 Å². The molecule has 1 aliphatic carbocycles. The van der Waals surface area contributed by atoms with Crippen molar-refractivity contribution in [3.05, 3.63) is 59.4 Å². The van der Waals surface area contributed by atoms with Crippen molar-refractivity contribution < 1.29 is 22.1 Å². The van der Waals surface area contributed by atoms with E-state index in [9.17, 15) is 13.2 Å². The van der Waals surface area contributed by atoms with Crippen LogP contribution in [-0.4, -0.2) is 33.8 Å². The second-order valence-electron chi connectivity index (χ2n) is 6.97. The Labute approximate surface area is 158 Å². The van der Waals surface area contributed by atoms with Gasteiger partial charge in [0, 0.05) is 22.7 Å². The third-order valence-electron chi connectivity index (χ3n) is 5.10. The minimum atomic E-state index is -3.44. The van der Waals surface area contributed by atoms with Gasteiger partial charge in [0.1, 0.15) is 0 Å². The summed E-state index contributed by atoms with van der Waals surface area (Å²) in [5, 5.41) is 2.95. The van der Waals surface area contributed by atoms with E-state index < -0.39 is 10.1 Å². The first kappa shape index (κ1) is 18.0. The van der Waals surface area contributed by atoms with Crippen LogP contribution in [0.3, 0.4) is 0 Å². The van der Waals surface area contributed by atoms with Gasteiger partial charge >= 0.3 is 0 Å². The summed E-state index contributed by atoms with van der Waals surface area (Å²) in [7, 11) is -3.44. The number of hydrogen-bond donors (Lipinski definition) is 1. The average Bonchev–Trinajstić information content (AvgIpc) is 3.21. The Kier molecular flexibility index (Phi) is 4.65. The molecule has 27 heavy (non-hydrogen) atoms. The molecule has 3 aliphatic rings. The van der Waals surface area contributed by atoms with Gasteiger partial charge in [-0.05, 0) is 36.0 Å². The van der Waals surface area contributed by atoms with E-state index in [0.717, 1.165) is 28.7 Å². The minimum absolute atomic E-state index is 0.0314. The molecule has 7 heteroatoms. The van der Waals surface area contributed by atoms with Crippen molar-refractivity contribution in [1.29, 1.82) is 0 Å². The summed E-state index contributed by atoms with van der Waals surface area (Å²) in [6.45, 7) is 0.655. The number of anilines is 1. The van der Waals surface area contributed by atoms with Gasteiger partial charge in [-0.15, -0.1) is 0 Å². The molecule has 6 nitrogen and oxygen atoms in total. The van der Waals surface area contributed by atoms with Crippen LogP contribution in [0.5, 0.6) is 0 Å². The molecule has 2 aliphatic heterocycles. The number of rotatable bonds is 5. The van der Waals surface area contributed by atoms with Crippen LogP contribution >= 0.6 is 0 Å². The van der Waals surface area contributed by atoms with Gasteiger partial charge in [-0.2, -0.15) is 8.42 Å². The second-order valence-corrected chi connectivity index (χ2v) is 8.61. The molecule has 2 atom stereocenters. The number of amides is 1. The van der Waals surface area contributed by atoms with Gasteiger partial charge in [-0.1, -0.05) is 30.4 Å². The molecule has 0 bridgehead atoms. The Morgan fingerprint density at radius 3 is 2.93 bits per heavy atom. The van der Waals surface area contributed by atoms with E-state index in [1.54, 1.807) is 6.26 Å². The first-order valence-electron chi connectivity index (χ1n) is 8.93. The molecule has 1 aromatic carbocycles. The fourth-order valence-corrected chi connectivity index (χ4v) is 4.38. The molecular weight excluding hydrogens is 366 g/mol. The number of hydrogen-bond acceptors (Lipinski definition) is 5. The lowest BCUT2D eigenvalue weighted by Gasteiger charge is -2.28. The summed E-state index contributed by atoms with van der Waals surface area (Å²) in [4.78, 5) is 12.8. The lowest BCUT2D eigenvalue weighted by atomic mass is 9.74. The Hall–Kier alpha value is -2.38. The second kappa shape index (κ2) is 6.98. The number of para-hydroxylation sites is 1. The van der Waals surface area contributed by atoms with Crippen molar-refractivity contribution >= 4 is 27.3 Å². The maximum absolute atomic E-state index is 12.8. The summed E-state index contributed by atoms with van der Waals surface area (Å²) in [6.07, 6.45) is 8.20. The van der Waals surface area contributed by atoms with Crippen LogP contribution in [0.4, 0.5) is 5.69 Å². The maximum atomic E-state index is 12.8. The smallest absolute Gasteiger partial charge is 0.264 e. The Morgan fingerprint density at radius 1 is 1.30 bits per heavy atom. The molecular formula is C20H21NO5S. The number of carbonyl (C=O) groups excluding carboxylic acids is 1. The average molecular weight is 387 g/mol. The molecule has 4 rings (SSSR count). The molecule has 2 unspecified atom stereocenters. The van der Waals surface area contributed by atoms with E-state index in [-0.39, 0.29) is 24.3 Å². The van der Waals surface area contributed by atoms with Crippen LogP contribution in [0.1, 0.15) is 18.4 Å². The molecule has 0 radical (unpaired) electrons. The Morgan fingerprint density at radius 2 is 2.11 bits per heavy atom. The van der Waals surface area contributed by atoms with Crippen LogP contribution in [0, 0.1) is 11.8 Å². The molecule has 0 spiro atoms. The quantitative estimate of drug-likeness (QED) is 0.477. The third kappa shape index (κ3) is 3.57. The van der Waals surface area contributed by atoms with Crippen molar-refractivity contribution in [2.75, 3.05) is 24.8 Å². The number of benzene rings is 1. The summed E-state index contributed by atoms with van der Waals surface area (Å²) >= 11 is 0. The van der Waals surface area contributed by atoms with Crippen molar-refractivity contribution in [3.63, 3.8) is 0 Å². The molecule has 0 aromatic heterocycles. The van der Waals surface area contributed by atoms with Gasteiger partial charge < -0.3 is 10.1 Å². The highest BCUT2D eigenvalue weighted by Gasteiger charge is 2.37. The zero-order valence-electron chi connectivity index (χ0n) is 15.0. The lowest BCUT2D eigenvalue weighted by Crippen LogP contribution is -2.22. The Bertz CT molecular complexity index is 974. The minimum Gasteiger partial charge on any atom is -0.500 e. The Balaban J connectivity index is 1.68. The standard InChI is InChI=1S/C20H21NO5S/c1-27(23,24)26-10-4-5-13-8-9-14-11-25-12-16(14)18(13)19-15-6-2-3-7-17(15)21-20(19)22/h2-3,6-9,11,13,16H,4-5,10,12H2,1H3,(H,21,22). The zero-order chi connectivity index (χ0) is 19.0. The van der Waals surface area contributed by atoms with E-state index in [0.29, 0.717) is 25.0 Å². The third-order valence-corrected chi connectivity index (χ3v) is 5.69. The molecule has 1 N–H and O–H groups in total. The maximum Gasteiger partial charge on any atom is 0.264 e. The van der Waals surface area contributed by atoms with Crippen molar-refractivity contribution in [1.82, 2.24) is 0 Å². The van der Waals surface area contributed by atoms with E-state index in [4.69, 9.17) is 8.92 Å². The van der Waals surface area contributed by atoms with Crippen LogP contribution in [-0.2, 0) is 23.8 Å². The number of carbonyl (C=O) groups is 1. The number of nitrogens with one attached hydrogen (secondary N) is 1. The van der Waals surface area contributed by atoms with Crippen LogP contribution in [0.15, 0.2) is 53.8 Å². The van der Waals surface area contributed by atoms with Gasteiger partial charge in [-0.3, -0.25) is 8.98 Å². The first-order valence-corrected chi connectivity index (χ1v) is 10.7. The fraction of sp³-hybridized carbons (Fsp3) is 0.350. The van der Waals surface area contributed by atoms with Crippen LogP contribution < -0.4 is 5.32 Å². The van der Waals surface area contributed by atoms with E-state index >= 15 is 0 Å². The SMILES string of the molecule is CS(=O)(=O)OCCCC1C=CC2=COCC2C1=C1C(=O)Nc2ccccc21. The monoisotopic (exact) mass is 387 g/mol. The van der Waals surface area contributed by atoms with Crippen molar-refractivity contribution in [2.45, 2.75) is 12.8 Å². The van der Waals surface area contributed by atoms with Gasteiger partial charge in [0.15, 0.2) is 0 Å². The summed E-state index contributed by atoms with van der Waals surface area (Å²) < 4.78 is 32.7. The van der Waals surface area contributed by atoms with E-state index in [2.05, 4.69) is 11.4 Å². The summed E-state index contributed by atoms with van der Waals surface area (Å²) in [6, 6.07) is 7.68. The van der Waals surface area contributed by atoms with Gasteiger partial charge in [0.05, 0.1) is 25.7 Å². The molecule has 0 saturated carbocycles. The van der Waals surface area contributed by atoms with Crippen molar-refractivity contribution in [2.24, 2.45) is 11.8 Å². The molecule has 0 saturated heterocycles. The van der Waals surface area contributed by atoms with Gasteiger partial charge in [-0.25, -0.2) is 0 Å². The van der Waals surface area contributed by atoms with Gasteiger partial charge in [0.25, 0.3) is 16.0 Å². The number of allylic oxidation sites excluding steroid dienone is 2. The molecule has 142 valence electrons. The normalized spacial score (nSPS) is 26.3. The highest BCUT2D eigenvalue weighted by Crippen LogP contribution is 2.45. The highest BCUT2D eigenvalue weighted by atomic mass is 32.2. The molecule has 0 fully saturated rings. The predicted molar refractivity (Wildman–Crippen MR) is 102 cm³/mol. The summed E-state index contributed by atoms with van der Waals surface area (Å²) in [5.41, 5.74) is 4.56. The molecule has 1 aromatic rings. The van der Waals surface area contributed by atoms with E-state index in [1.807, 2.05) is 30.3 Å². The zero-order valence-corrected chi connectivity index (χ0v) is 15.8. The molecule has 1 amide bonds. The first-order chi connectivity index (χ1) is 12.9. The van der Waals surface area contributed by atoms with Gasteiger partial charge in [0.2, 0.25) is 0 Å². The lowest BCUT2D eigenvalue weighted by molar-refractivity contribution is -0.110. The van der Waals surface area contributed by atoms with Crippen LogP contribution in [0.25, 0.3) is 5.57 Å². The fourth-order valence-electron chi connectivity index (χ4n) is 3.96. The van der Waals surface area contributed by atoms with Crippen LogP contribution in [0.2, 0.25) is 0 Å². The van der Waals surface area contributed by atoms with E-state index in [1.165, 1.54) is 0 Å².